The van der Waals surface area contributed by atoms with Gasteiger partial charge in [-0.15, -0.1) is 0 Å². The smallest absolute Gasteiger partial charge is 0.303 e. The molecule has 3 heteroatoms. The van der Waals surface area contributed by atoms with Crippen LogP contribution in [0.25, 0.3) is 0 Å². The van der Waals surface area contributed by atoms with Crippen molar-refractivity contribution in [2.24, 2.45) is 0 Å². The lowest BCUT2D eigenvalue weighted by Gasteiger charge is -1.98. The van der Waals surface area contributed by atoms with Crippen LogP contribution < -0.4 is 0 Å². The van der Waals surface area contributed by atoms with Crippen LogP contribution in [0.4, 0.5) is 0 Å². The van der Waals surface area contributed by atoms with Crippen molar-refractivity contribution in [3.8, 4) is 0 Å². The molecule has 0 aliphatic carbocycles. The Kier molecular flexibility index (Phi) is 9.05. The fourth-order valence-electron chi connectivity index (χ4n) is 1.25. The maximum absolute atomic E-state index is 10.2. The summed E-state index contributed by atoms with van der Waals surface area (Å²) < 4.78 is 1.20. The van der Waals surface area contributed by atoms with Crippen molar-refractivity contribution in [3.05, 3.63) is 10.6 Å². The lowest BCUT2D eigenvalue weighted by Crippen LogP contribution is -1.93. The van der Waals surface area contributed by atoms with E-state index in [1.54, 1.807) is 0 Å². The molecule has 0 unspecified atom stereocenters. The number of hydrogen-bond donors (Lipinski definition) is 1. The van der Waals surface area contributed by atoms with Crippen LogP contribution in [0.2, 0.25) is 0 Å². The molecule has 0 saturated heterocycles. The Hall–Kier alpha value is -0.310. The number of rotatable bonds is 8. The number of halogens is 1. The highest BCUT2D eigenvalue weighted by atomic mass is 79.9. The van der Waals surface area contributed by atoms with E-state index in [0.29, 0.717) is 6.42 Å². The largest absolute Gasteiger partial charge is 0.481 e. The van der Waals surface area contributed by atoms with Crippen LogP contribution in [-0.4, -0.2) is 11.1 Å². The Morgan fingerprint density at radius 1 is 1.21 bits per heavy atom. The van der Waals surface area contributed by atoms with Gasteiger partial charge in [0.05, 0.1) is 0 Å². The van der Waals surface area contributed by atoms with Crippen molar-refractivity contribution >= 4 is 21.9 Å². The van der Waals surface area contributed by atoms with Gasteiger partial charge < -0.3 is 5.11 Å². The summed E-state index contributed by atoms with van der Waals surface area (Å²) in [6.07, 6.45) is 9.05. The summed E-state index contributed by atoms with van der Waals surface area (Å²) in [5, 5.41) is 8.40. The molecule has 0 bridgehead atoms. The average Bonchev–Trinajstić information content (AvgIpc) is 2.08. The number of carboxylic acid groups (broad SMARTS) is 1. The minimum absolute atomic E-state index is 0.320. The van der Waals surface area contributed by atoms with E-state index < -0.39 is 5.97 Å². The summed E-state index contributed by atoms with van der Waals surface area (Å²) >= 11 is 3.38. The Morgan fingerprint density at radius 3 is 2.36 bits per heavy atom. The number of unbranched alkanes of at least 4 members (excludes halogenated alkanes) is 5. The second-order valence-electron chi connectivity index (χ2n) is 3.49. The van der Waals surface area contributed by atoms with Gasteiger partial charge in [-0.25, -0.2) is 0 Å². The number of allylic oxidation sites excluding steroid dienone is 2. The summed E-state index contributed by atoms with van der Waals surface area (Å²) in [5.74, 6) is -0.678. The van der Waals surface area contributed by atoms with Crippen LogP contribution >= 0.6 is 15.9 Å². The highest BCUT2D eigenvalue weighted by Crippen LogP contribution is 2.10. The van der Waals surface area contributed by atoms with Crippen molar-refractivity contribution in [3.63, 3.8) is 0 Å². The molecule has 2 nitrogen and oxygen atoms in total. The molecular weight excluding hydrogens is 244 g/mol. The van der Waals surface area contributed by atoms with Gasteiger partial charge in [-0.2, -0.15) is 0 Å². The zero-order valence-electron chi connectivity index (χ0n) is 8.76. The van der Waals surface area contributed by atoms with Crippen molar-refractivity contribution in [2.75, 3.05) is 0 Å². The number of hydrogen-bond acceptors (Lipinski definition) is 1. The minimum atomic E-state index is -0.678. The van der Waals surface area contributed by atoms with E-state index in [4.69, 9.17) is 5.11 Å². The molecule has 0 rings (SSSR count). The molecule has 0 spiro atoms. The first-order chi connectivity index (χ1) is 6.63. The van der Waals surface area contributed by atoms with Gasteiger partial charge in [-0.05, 0) is 30.7 Å². The van der Waals surface area contributed by atoms with Gasteiger partial charge in [0.2, 0.25) is 0 Å². The first kappa shape index (κ1) is 13.7. The molecule has 0 radical (unpaired) electrons. The maximum atomic E-state index is 10.2. The zero-order chi connectivity index (χ0) is 10.8. The zero-order valence-corrected chi connectivity index (χ0v) is 10.3. The van der Waals surface area contributed by atoms with Crippen molar-refractivity contribution in [1.82, 2.24) is 0 Å². The third-order valence-electron chi connectivity index (χ3n) is 2.02. The normalized spacial score (nSPS) is 11.7. The standard InChI is InChI=1S/C11H19BrO2/c1-10(12)8-6-4-2-3-5-7-9-11(13)14/h8H,2-7,9H2,1H3,(H,13,14). The Bertz CT molecular complexity index is 184. The van der Waals surface area contributed by atoms with Crippen LogP contribution in [0.1, 0.15) is 51.9 Å². The van der Waals surface area contributed by atoms with E-state index >= 15 is 0 Å². The second kappa shape index (κ2) is 9.25. The second-order valence-corrected chi connectivity index (χ2v) is 4.74. The molecule has 0 amide bonds. The molecule has 0 aliphatic rings. The molecule has 0 aromatic rings. The Morgan fingerprint density at radius 2 is 1.79 bits per heavy atom. The summed E-state index contributed by atoms with van der Waals surface area (Å²) in [6, 6.07) is 0. The summed E-state index contributed by atoms with van der Waals surface area (Å²) in [6.45, 7) is 2.03. The SMILES string of the molecule is CC(Br)=CCCCCCCCC(=O)O. The Balaban J connectivity index is 3.07. The molecule has 82 valence electrons. The van der Waals surface area contributed by atoms with Gasteiger partial charge in [0.25, 0.3) is 0 Å². The van der Waals surface area contributed by atoms with Gasteiger partial charge in [0, 0.05) is 6.42 Å². The quantitative estimate of drug-likeness (QED) is 0.669. The number of aliphatic carboxylic acids is 1. The molecule has 0 heterocycles. The van der Waals surface area contributed by atoms with Crippen molar-refractivity contribution in [2.45, 2.75) is 51.9 Å². The van der Waals surface area contributed by atoms with E-state index in [1.165, 1.54) is 17.3 Å². The predicted molar refractivity (Wildman–Crippen MR) is 62.6 cm³/mol. The van der Waals surface area contributed by atoms with Gasteiger partial charge in [0.1, 0.15) is 0 Å². The molecule has 0 atom stereocenters. The summed E-state index contributed by atoms with van der Waals surface area (Å²) in [5.41, 5.74) is 0. The molecule has 0 aromatic heterocycles. The lowest BCUT2D eigenvalue weighted by molar-refractivity contribution is -0.137. The Labute approximate surface area is 94.5 Å². The van der Waals surface area contributed by atoms with Gasteiger partial charge in [-0.3, -0.25) is 4.79 Å². The molecule has 0 saturated carbocycles. The van der Waals surface area contributed by atoms with E-state index in [-0.39, 0.29) is 0 Å². The molecule has 1 N–H and O–H groups in total. The fourth-order valence-corrected chi connectivity index (χ4v) is 1.48. The highest BCUT2D eigenvalue weighted by molar-refractivity contribution is 9.11. The molecule has 14 heavy (non-hydrogen) atoms. The van der Waals surface area contributed by atoms with Gasteiger partial charge in [0.15, 0.2) is 0 Å². The van der Waals surface area contributed by atoms with Crippen LogP contribution in [0.15, 0.2) is 10.6 Å². The molecule has 0 aromatic carbocycles. The van der Waals surface area contributed by atoms with Crippen LogP contribution in [0, 0.1) is 0 Å². The third kappa shape index (κ3) is 11.7. The first-order valence-electron chi connectivity index (χ1n) is 5.17. The summed E-state index contributed by atoms with van der Waals surface area (Å²) in [7, 11) is 0. The van der Waals surface area contributed by atoms with E-state index in [0.717, 1.165) is 25.7 Å². The minimum Gasteiger partial charge on any atom is -0.481 e. The van der Waals surface area contributed by atoms with Gasteiger partial charge >= 0.3 is 5.97 Å². The average molecular weight is 263 g/mol. The van der Waals surface area contributed by atoms with E-state index in [2.05, 4.69) is 22.0 Å². The topological polar surface area (TPSA) is 37.3 Å². The van der Waals surface area contributed by atoms with Crippen LogP contribution in [0.3, 0.4) is 0 Å². The van der Waals surface area contributed by atoms with Crippen LogP contribution in [-0.2, 0) is 4.79 Å². The molecule has 0 fully saturated rings. The molecular formula is C11H19BrO2. The third-order valence-corrected chi connectivity index (χ3v) is 2.34. The highest BCUT2D eigenvalue weighted by Gasteiger charge is 1.95. The monoisotopic (exact) mass is 262 g/mol. The molecule has 0 aliphatic heterocycles. The maximum Gasteiger partial charge on any atom is 0.303 e. The van der Waals surface area contributed by atoms with Gasteiger partial charge in [-0.1, -0.05) is 41.3 Å². The number of carbonyl (C=O) groups is 1. The van der Waals surface area contributed by atoms with Crippen molar-refractivity contribution in [1.29, 1.82) is 0 Å². The number of carboxylic acids is 1. The predicted octanol–water partition coefficient (Wildman–Crippen LogP) is 4.10. The summed E-state index contributed by atoms with van der Waals surface area (Å²) in [4.78, 5) is 10.2. The van der Waals surface area contributed by atoms with Crippen LogP contribution in [0.5, 0.6) is 0 Å². The van der Waals surface area contributed by atoms with E-state index in [9.17, 15) is 4.79 Å². The van der Waals surface area contributed by atoms with Crippen molar-refractivity contribution < 1.29 is 9.90 Å². The first-order valence-corrected chi connectivity index (χ1v) is 5.96. The van der Waals surface area contributed by atoms with E-state index in [1.807, 2.05) is 6.92 Å². The fraction of sp³-hybridized carbons (Fsp3) is 0.727. The lowest BCUT2D eigenvalue weighted by atomic mass is 10.1.